The molecule has 1 heterocycles. The summed E-state index contributed by atoms with van der Waals surface area (Å²) in [5.74, 6) is -1.25. The topological polar surface area (TPSA) is 84.9 Å². The number of rotatable bonds is 6. The van der Waals surface area contributed by atoms with E-state index in [0.717, 1.165) is 11.1 Å². The van der Waals surface area contributed by atoms with Gasteiger partial charge >= 0.3 is 5.97 Å². The number of hydrogen-bond acceptors (Lipinski definition) is 5. The molecule has 158 valence electrons. The van der Waals surface area contributed by atoms with Crippen LogP contribution < -0.4 is 15.0 Å². The molecule has 0 radical (unpaired) electrons. The highest BCUT2D eigenvalue weighted by Gasteiger charge is 2.38. The van der Waals surface area contributed by atoms with E-state index in [-0.39, 0.29) is 18.9 Å². The summed E-state index contributed by atoms with van der Waals surface area (Å²) >= 11 is 0. The van der Waals surface area contributed by atoms with Gasteiger partial charge in [-0.3, -0.25) is 14.4 Å². The summed E-state index contributed by atoms with van der Waals surface area (Å²) in [6.07, 6.45) is -0.949. The van der Waals surface area contributed by atoms with Crippen molar-refractivity contribution in [2.24, 2.45) is 5.92 Å². The van der Waals surface area contributed by atoms with Gasteiger partial charge in [0.25, 0.3) is 5.91 Å². The van der Waals surface area contributed by atoms with Gasteiger partial charge < -0.3 is 19.7 Å². The lowest BCUT2D eigenvalue weighted by Gasteiger charge is -2.20. The van der Waals surface area contributed by atoms with Gasteiger partial charge in [0.15, 0.2) is 6.10 Å². The molecule has 1 aliphatic heterocycles. The number of benzene rings is 2. The van der Waals surface area contributed by atoms with E-state index in [1.54, 1.807) is 18.2 Å². The highest BCUT2D eigenvalue weighted by Crippen LogP contribution is 2.33. The molecule has 0 aromatic heterocycles. The van der Waals surface area contributed by atoms with Crippen LogP contribution >= 0.6 is 0 Å². The van der Waals surface area contributed by atoms with E-state index in [0.29, 0.717) is 17.1 Å². The van der Waals surface area contributed by atoms with Crippen LogP contribution in [0, 0.1) is 19.8 Å². The lowest BCUT2D eigenvalue weighted by atomic mass is 10.1. The van der Waals surface area contributed by atoms with E-state index in [4.69, 9.17) is 9.47 Å². The maximum Gasteiger partial charge on any atom is 0.312 e. The van der Waals surface area contributed by atoms with Gasteiger partial charge in [0.05, 0.1) is 18.7 Å². The summed E-state index contributed by atoms with van der Waals surface area (Å²) in [5.41, 5.74) is 3.23. The van der Waals surface area contributed by atoms with Crippen LogP contribution in [0.3, 0.4) is 0 Å². The number of ether oxygens (including phenoxy) is 2. The molecule has 1 aliphatic rings. The van der Waals surface area contributed by atoms with Crippen LogP contribution in [0.25, 0.3) is 0 Å². The summed E-state index contributed by atoms with van der Waals surface area (Å²) < 4.78 is 10.7. The Morgan fingerprint density at radius 3 is 2.63 bits per heavy atom. The van der Waals surface area contributed by atoms with Crippen LogP contribution in [0.1, 0.15) is 24.5 Å². The normalized spacial score (nSPS) is 16.9. The SMILES string of the molecule is COc1ccccc1N1C[C@H](C(=O)O[C@@H](C)C(=O)Nc2cc(C)ccc2C)CC1=O. The molecular weight excluding hydrogens is 384 g/mol. The third kappa shape index (κ3) is 4.62. The van der Waals surface area contributed by atoms with Gasteiger partial charge in [-0.2, -0.15) is 0 Å². The smallest absolute Gasteiger partial charge is 0.312 e. The highest BCUT2D eigenvalue weighted by atomic mass is 16.5. The average Bonchev–Trinajstić information content (AvgIpc) is 3.12. The van der Waals surface area contributed by atoms with E-state index >= 15 is 0 Å². The minimum absolute atomic E-state index is 0.0300. The van der Waals surface area contributed by atoms with E-state index in [1.165, 1.54) is 18.9 Å². The molecule has 0 bridgehead atoms. The van der Waals surface area contributed by atoms with Gasteiger partial charge in [0.2, 0.25) is 5.91 Å². The van der Waals surface area contributed by atoms with Crippen molar-refractivity contribution in [3.05, 3.63) is 53.6 Å². The Kier molecular flexibility index (Phi) is 6.40. The van der Waals surface area contributed by atoms with Crippen molar-refractivity contribution in [2.45, 2.75) is 33.3 Å². The quantitative estimate of drug-likeness (QED) is 0.739. The number of esters is 1. The lowest BCUT2D eigenvalue weighted by Crippen LogP contribution is -2.33. The van der Waals surface area contributed by atoms with Crippen molar-refractivity contribution in [3.63, 3.8) is 0 Å². The molecule has 0 saturated carbocycles. The van der Waals surface area contributed by atoms with Gasteiger partial charge in [-0.25, -0.2) is 0 Å². The number of aryl methyl sites for hydroxylation is 2. The fourth-order valence-corrected chi connectivity index (χ4v) is 3.38. The molecule has 2 aromatic carbocycles. The standard InChI is InChI=1S/C23H26N2O5/c1-14-9-10-15(2)18(11-14)24-22(27)16(3)30-23(28)17-12-21(26)25(13-17)19-7-5-6-8-20(19)29-4/h5-11,16-17H,12-13H2,1-4H3,(H,24,27)/t16-,17+/m0/s1. The number of anilines is 2. The third-order valence-corrected chi connectivity index (χ3v) is 5.15. The summed E-state index contributed by atoms with van der Waals surface area (Å²) in [5, 5.41) is 2.80. The maximum atomic E-state index is 12.6. The summed E-state index contributed by atoms with van der Waals surface area (Å²) in [4.78, 5) is 39.1. The number of carbonyl (C=O) groups is 3. The van der Waals surface area contributed by atoms with Gasteiger partial charge in [-0.15, -0.1) is 0 Å². The van der Waals surface area contributed by atoms with Gasteiger partial charge in [-0.1, -0.05) is 24.3 Å². The van der Waals surface area contributed by atoms with Gasteiger partial charge in [-0.05, 0) is 50.1 Å². The summed E-state index contributed by atoms with van der Waals surface area (Å²) in [6, 6.07) is 12.9. The van der Waals surface area contributed by atoms with Crippen LogP contribution in [0.15, 0.2) is 42.5 Å². The lowest BCUT2D eigenvalue weighted by molar-refractivity contribution is -0.157. The molecule has 0 unspecified atom stereocenters. The van der Waals surface area contributed by atoms with E-state index < -0.39 is 23.9 Å². The van der Waals surface area contributed by atoms with Crippen LogP contribution in [0.2, 0.25) is 0 Å². The van der Waals surface area contributed by atoms with Crippen LogP contribution in [0.5, 0.6) is 5.75 Å². The van der Waals surface area contributed by atoms with Crippen molar-refractivity contribution in [1.82, 2.24) is 0 Å². The predicted molar refractivity (Wildman–Crippen MR) is 114 cm³/mol. The molecule has 30 heavy (non-hydrogen) atoms. The van der Waals surface area contributed by atoms with Crippen LogP contribution in [0.4, 0.5) is 11.4 Å². The van der Waals surface area contributed by atoms with Crippen molar-refractivity contribution < 1.29 is 23.9 Å². The van der Waals surface area contributed by atoms with Crippen molar-refractivity contribution in [2.75, 3.05) is 23.9 Å². The van der Waals surface area contributed by atoms with Crippen LogP contribution in [-0.2, 0) is 19.1 Å². The van der Waals surface area contributed by atoms with Gasteiger partial charge in [0.1, 0.15) is 5.75 Å². The Morgan fingerprint density at radius 2 is 1.90 bits per heavy atom. The second kappa shape index (κ2) is 8.98. The monoisotopic (exact) mass is 410 g/mol. The number of hydrogen-bond donors (Lipinski definition) is 1. The van der Waals surface area contributed by atoms with E-state index in [1.807, 2.05) is 38.1 Å². The van der Waals surface area contributed by atoms with Crippen LogP contribution in [-0.4, -0.2) is 37.5 Å². The predicted octanol–water partition coefficient (Wildman–Crippen LogP) is 3.24. The molecule has 1 N–H and O–H groups in total. The molecule has 7 heteroatoms. The number of amides is 2. The molecular formula is C23H26N2O5. The molecule has 7 nitrogen and oxygen atoms in total. The number of carbonyl (C=O) groups excluding carboxylic acids is 3. The number of nitrogens with zero attached hydrogens (tertiary/aromatic N) is 1. The summed E-state index contributed by atoms with van der Waals surface area (Å²) in [7, 11) is 1.53. The fourth-order valence-electron chi connectivity index (χ4n) is 3.38. The zero-order valence-electron chi connectivity index (χ0n) is 17.6. The second-order valence-corrected chi connectivity index (χ2v) is 7.46. The molecule has 0 aliphatic carbocycles. The van der Waals surface area contributed by atoms with Crippen molar-refractivity contribution in [1.29, 1.82) is 0 Å². The molecule has 2 atom stereocenters. The first-order chi connectivity index (χ1) is 14.3. The fraction of sp³-hybridized carbons (Fsp3) is 0.348. The minimum atomic E-state index is -0.979. The van der Waals surface area contributed by atoms with Crippen molar-refractivity contribution in [3.8, 4) is 5.75 Å². The van der Waals surface area contributed by atoms with Crippen molar-refractivity contribution >= 4 is 29.2 Å². The second-order valence-electron chi connectivity index (χ2n) is 7.46. The molecule has 3 rings (SSSR count). The Labute approximate surface area is 176 Å². The highest BCUT2D eigenvalue weighted by molar-refractivity contribution is 6.01. The maximum absolute atomic E-state index is 12.6. The Morgan fingerprint density at radius 1 is 1.17 bits per heavy atom. The Bertz CT molecular complexity index is 972. The van der Waals surface area contributed by atoms with E-state index in [2.05, 4.69) is 5.32 Å². The summed E-state index contributed by atoms with van der Waals surface area (Å²) in [6.45, 7) is 5.53. The minimum Gasteiger partial charge on any atom is -0.495 e. The largest absolute Gasteiger partial charge is 0.495 e. The van der Waals surface area contributed by atoms with E-state index in [9.17, 15) is 14.4 Å². The molecule has 0 spiro atoms. The Hall–Kier alpha value is -3.35. The zero-order valence-corrected chi connectivity index (χ0v) is 17.6. The average molecular weight is 410 g/mol. The van der Waals surface area contributed by atoms with Gasteiger partial charge in [0, 0.05) is 18.7 Å². The first-order valence-corrected chi connectivity index (χ1v) is 9.82. The third-order valence-electron chi connectivity index (χ3n) is 5.15. The first kappa shape index (κ1) is 21.4. The molecule has 1 fully saturated rings. The Balaban J connectivity index is 1.62. The number of nitrogens with one attached hydrogen (secondary N) is 1. The zero-order chi connectivity index (χ0) is 21.8. The number of methoxy groups -OCH3 is 1. The first-order valence-electron chi connectivity index (χ1n) is 9.82. The molecule has 2 amide bonds. The molecule has 1 saturated heterocycles. The molecule has 2 aromatic rings. The number of para-hydroxylation sites is 2.